The molecule has 0 aromatic rings. The highest BCUT2D eigenvalue weighted by Gasteiger charge is 2.16. The van der Waals surface area contributed by atoms with E-state index in [0.717, 1.165) is 19.6 Å². The Morgan fingerprint density at radius 3 is 3.00 bits per heavy atom. The molecule has 1 atom stereocenters. The molecule has 1 unspecified atom stereocenters. The van der Waals surface area contributed by atoms with Crippen LogP contribution in [0, 0.1) is 5.92 Å². The molecule has 0 bridgehead atoms. The number of amides is 1. The normalized spacial score (nSPS) is 22.0. The molecule has 1 aliphatic heterocycles. The highest BCUT2D eigenvalue weighted by molar-refractivity contribution is 5.78. The first-order chi connectivity index (χ1) is 5.72. The lowest BCUT2D eigenvalue weighted by molar-refractivity contribution is -0.124. The molecule has 1 N–H and O–H groups in total. The summed E-state index contributed by atoms with van der Waals surface area (Å²) < 4.78 is 0. The molecule has 0 saturated carbocycles. The highest BCUT2D eigenvalue weighted by atomic mass is 16.2. The quantitative estimate of drug-likeness (QED) is 0.667. The number of nitrogens with zero attached hydrogens (tertiary/aromatic N) is 1. The molecule has 0 aromatic heterocycles. The molecule has 0 aliphatic carbocycles. The van der Waals surface area contributed by atoms with Gasteiger partial charge in [-0.2, -0.15) is 0 Å². The van der Waals surface area contributed by atoms with E-state index in [1.165, 1.54) is 6.42 Å². The van der Waals surface area contributed by atoms with E-state index in [-0.39, 0.29) is 5.91 Å². The molecular weight excluding hydrogens is 152 g/mol. The molecule has 12 heavy (non-hydrogen) atoms. The molecule has 3 nitrogen and oxygen atoms in total. The Morgan fingerprint density at radius 2 is 2.42 bits per heavy atom. The lowest BCUT2D eigenvalue weighted by atomic mass is 10.1. The zero-order chi connectivity index (χ0) is 8.97. The summed E-state index contributed by atoms with van der Waals surface area (Å²) in [6, 6.07) is 0. The molecule has 1 fully saturated rings. The van der Waals surface area contributed by atoms with E-state index >= 15 is 0 Å². The van der Waals surface area contributed by atoms with Crippen molar-refractivity contribution in [2.75, 3.05) is 26.2 Å². The van der Waals surface area contributed by atoms with Gasteiger partial charge in [0, 0.05) is 19.6 Å². The van der Waals surface area contributed by atoms with Crippen molar-refractivity contribution in [2.24, 2.45) is 5.92 Å². The van der Waals surface area contributed by atoms with Gasteiger partial charge in [-0.05, 0) is 5.92 Å². The van der Waals surface area contributed by atoms with Crippen LogP contribution in [0.15, 0.2) is 0 Å². The first-order valence-electron chi connectivity index (χ1n) is 4.71. The first kappa shape index (κ1) is 9.52. The maximum absolute atomic E-state index is 11.0. The lowest BCUT2D eigenvalue weighted by Crippen LogP contribution is -2.48. The minimum Gasteiger partial charge on any atom is -0.354 e. The van der Waals surface area contributed by atoms with E-state index in [0.29, 0.717) is 12.5 Å². The van der Waals surface area contributed by atoms with Gasteiger partial charge in [0.15, 0.2) is 0 Å². The van der Waals surface area contributed by atoms with E-state index < -0.39 is 0 Å². The van der Waals surface area contributed by atoms with Crippen LogP contribution >= 0.6 is 0 Å². The molecular formula is C9H18N2O. The van der Waals surface area contributed by atoms with E-state index in [2.05, 4.69) is 24.1 Å². The zero-order valence-corrected chi connectivity index (χ0v) is 7.97. The van der Waals surface area contributed by atoms with Gasteiger partial charge in [0.05, 0.1) is 6.54 Å². The number of carbonyl (C=O) groups is 1. The van der Waals surface area contributed by atoms with Crippen LogP contribution in [0.25, 0.3) is 0 Å². The Bertz CT molecular complexity index is 159. The van der Waals surface area contributed by atoms with Crippen LogP contribution < -0.4 is 5.32 Å². The standard InChI is InChI=1S/C9H18N2O/c1-3-8(2)6-11-5-4-10-9(12)7-11/h8H,3-7H2,1-2H3,(H,10,12). The lowest BCUT2D eigenvalue weighted by Gasteiger charge is -2.28. The van der Waals surface area contributed by atoms with Crippen molar-refractivity contribution in [1.82, 2.24) is 10.2 Å². The molecule has 0 spiro atoms. The molecule has 1 amide bonds. The molecule has 1 aliphatic rings. The fourth-order valence-electron chi connectivity index (χ4n) is 1.42. The fraction of sp³-hybridized carbons (Fsp3) is 0.889. The van der Waals surface area contributed by atoms with Crippen LogP contribution in [0.5, 0.6) is 0 Å². The maximum atomic E-state index is 11.0. The zero-order valence-electron chi connectivity index (χ0n) is 7.97. The Hall–Kier alpha value is -0.570. The second kappa shape index (κ2) is 4.45. The summed E-state index contributed by atoms with van der Waals surface area (Å²) in [5.41, 5.74) is 0. The number of rotatable bonds is 3. The Morgan fingerprint density at radius 1 is 1.67 bits per heavy atom. The highest BCUT2D eigenvalue weighted by Crippen LogP contribution is 2.04. The van der Waals surface area contributed by atoms with Crippen molar-refractivity contribution in [3.05, 3.63) is 0 Å². The number of hydrogen-bond acceptors (Lipinski definition) is 2. The van der Waals surface area contributed by atoms with Gasteiger partial charge in [0.2, 0.25) is 5.91 Å². The van der Waals surface area contributed by atoms with Crippen molar-refractivity contribution in [1.29, 1.82) is 0 Å². The average Bonchev–Trinajstić information content (AvgIpc) is 2.04. The van der Waals surface area contributed by atoms with Gasteiger partial charge in [-0.25, -0.2) is 0 Å². The predicted octanol–water partition coefficient (Wildman–Crippen LogP) is 0.464. The van der Waals surface area contributed by atoms with E-state index in [1.807, 2.05) is 0 Å². The monoisotopic (exact) mass is 170 g/mol. The summed E-state index contributed by atoms with van der Waals surface area (Å²) in [7, 11) is 0. The van der Waals surface area contributed by atoms with Crippen LogP contribution in [0.1, 0.15) is 20.3 Å². The van der Waals surface area contributed by atoms with E-state index in [9.17, 15) is 4.79 Å². The third-order valence-electron chi connectivity index (χ3n) is 2.38. The van der Waals surface area contributed by atoms with Gasteiger partial charge in [-0.15, -0.1) is 0 Å². The fourth-order valence-corrected chi connectivity index (χ4v) is 1.42. The number of carbonyl (C=O) groups excluding carboxylic acids is 1. The van der Waals surface area contributed by atoms with Gasteiger partial charge in [0.25, 0.3) is 0 Å². The Labute approximate surface area is 74.1 Å². The summed E-state index contributed by atoms with van der Waals surface area (Å²) in [6.45, 7) is 7.89. The summed E-state index contributed by atoms with van der Waals surface area (Å²) >= 11 is 0. The van der Waals surface area contributed by atoms with Gasteiger partial charge in [-0.3, -0.25) is 9.69 Å². The van der Waals surface area contributed by atoms with Gasteiger partial charge >= 0.3 is 0 Å². The van der Waals surface area contributed by atoms with Gasteiger partial charge in [0.1, 0.15) is 0 Å². The van der Waals surface area contributed by atoms with Crippen molar-refractivity contribution in [2.45, 2.75) is 20.3 Å². The number of nitrogens with one attached hydrogen (secondary N) is 1. The molecule has 3 heteroatoms. The van der Waals surface area contributed by atoms with Crippen LogP contribution in [-0.2, 0) is 4.79 Å². The van der Waals surface area contributed by atoms with Gasteiger partial charge in [-0.1, -0.05) is 20.3 Å². The second-order valence-corrected chi connectivity index (χ2v) is 3.60. The molecule has 0 radical (unpaired) electrons. The first-order valence-corrected chi connectivity index (χ1v) is 4.71. The Kier molecular flexibility index (Phi) is 3.53. The van der Waals surface area contributed by atoms with E-state index in [1.54, 1.807) is 0 Å². The SMILES string of the molecule is CCC(C)CN1CCNC(=O)C1. The summed E-state index contributed by atoms with van der Waals surface area (Å²) in [5, 5.41) is 2.82. The molecule has 1 rings (SSSR count). The largest absolute Gasteiger partial charge is 0.354 e. The van der Waals surface area contributed by atoms with Crippen LogP contribution in [-0.4, -0.2) is 37.0 Å². The number of piperazine rings is 1. The molecule has 1 saturated heterocycles. The van der Waals surface area contributed by atoms with Crippen LogP contribution in [0.2, 0.25) is 0 Å². The minimum atomic E-state index is 0.171. The molecule has 0 aromatic carbocycles. The summed E-state index contributed by atoms with van der Waals surface area (Å²) in [5.74, 6) is 0.875. The number of hydrogen-bond donors (Lipinski definition) is 1. The average molecular weight is 170 g/mol. The Balaban J connectivity index is 2.27. The van der Waals surface area contributed by atoms with Crippen molar-refractivity contribution >= 4 is 5.91 Å². The van der Waals surface area contributed by atoms with Crippen LogP contribution in [0.3, 0.4) is 0 Å². The third kappa shape index (κ3) is 2.81. The van der Waals surface area contributed by atoms with Crippen molar-refractivity contribution < 1.29 is 4.79 Å². The topological polar surface area (TPSA) is 32.3 Å². The summed E-state index contributed by atoms with van der Waals surface area (Å²) in [4.78, 5) is 13.2. The van der Waals surface area contributed by atoms with E-state index in [4.69, 9.17) is 0 Å². The predicted molar refractivity (Wildman–Crippen MR) is 48.9 cm³/mol. The minimum absolute atomic E-state index is 0.171. The molecule has 70 valence electrons. The second-order valence-electron chi connectivity index (χ2n) is 3.60. The van der Waals surface area contributed by atoms with Gasteiger partial charge < -0.3 is 5.32 Å². The summed E-state index contributed by atoms with van der Waals surface area (Å²) in [6.07, 6.45) is 1.19. The maximum Gasteiger partial charge on any atom is 0.234 e. The molecule has 1 heterocycles. The van der Waals surface area contributed by atoms with Crippen LogP contribution in [0.4, 0.5) is 0 Å². The van der Waals surface area contributed by atoms with Crippen molar-refractivity contribution in [3.63, 3.8) is 0 Å². The van der Waals surface area contributed by atoms with Crippen molar-refractivity contribution in [3.8, 4) is 0 Å². The smallest absolute Gasteiger partial charge is 0.234 e. The third-order valence-corrected chi connectivity index (χ3v) is 2.38.